The Balaban J connectivity index is 2.34. The minimum absolute atomic E-state index is 0.0257. The third-order valence-corrected chi connectivity index (χ3v) is 3.76. The molecule has 0 aromatic heterocycles. The Morgan fingerprint density at radius 3 is 2.53 bits per heavy atom. The Kier molecular flexibility index (Phi) is 5.92. The van der Waals surface area contributed by atoms with Crippen molar-refractivity contribution >= 4 is 5.91 Å². The molecular formula is C13H26N2O2. The Morgan fingerprint density at radius 2 is 2.00 bits per heavy atom. The fourth-order valence-electron chi connectivity index (χ4n) is 2.32. The highest BCUT2D eigenvalue weighted by molar-refractivity contribution is 5.78. The molecule has 1 saturated carbocycles. The van der Waals surface area contributed by atoms with Gasteiger partial charge in [0.25, 0.3) is 0 Å². The summed E-state index contributed by atoms with van der Waals surface area (Å²) in [5.74, 6) is 0.0257. The van der Waals surface area contributed by atoms with Crippen molar-refractivity contribution in [3.8, 4) is 0 Å². The summed E-state index contributed by atoms with van der Waals surface area (Å²) in [6.07, 6.45) is 6.40. The van der Waals surface area contributed by atoms with Crippen molar-refractivity contribution in [2.24, 2.45) is 0 Å². The van der Waals surface area contributed by atoms with Gasteiger partial charge in [0.05, 0.1) is 13.2 Å². The van der Waals surface area contributed by atoms with Crippen LogP contribution in [0.1, 0.15) is 52.4 Å². The van der Waals surface area contributed by atoms with Gasteiger partial charge in [-0.3, -0.25) is 4.79 Å². The number of hydrogen-bond donors (Lipinski definition) is 3. The first-order valence-corrected chi connectivity index (χ1v) is 6.77. The van der Waals surface area contributed by atoms with Crippen molar-refractivity contribution < 1.29 is 9.90 Å². The molecule has 1 aliphatic rings. The molecule has 17 heavy (non-hydrogen) atoms. The molecule has 100 valence electrons. The summed E-state index contributed by atoms with van der Waals surface area (Å²) < 4.78 is 0. The van der Waals surface area contributed by atoms with E-state index in [1.165, 1.54) is 6.42 Å². The second-order valence-electron chi connectivity index (χ2n) is 5.23. The quantitative estimate of drug-likeness (QED) is 0.655. The first-order valence-electron chi connectivity index (χ1n) is 6.77. The molecule has 0 aromatic rings. The van der Waals surface area contributed by atoms with Gasteiger partial charge >= 0.3 is 0 Å². The van der Waals surface area contributed by atoms with Crippen LogP contribution in [-0.4, -0.2) is 35.7 Å². The molecule has 0 aliphatic heterocycles. The third-order valence-electron chi connectivity index (χ3n) is 3.76. The minimum Gasteiger partial charge on any atom is -0.394 e. The lowest BCUT2D eigenvalue weighted by atomic mass is 9.82. The predicted octanol–water partition coefficient (Wildman–Crippen LogP) is 1.19. The van der Waals surface area contributed by atoms with Gasteiger partial charge in [-0.1, -0.05) is 26.2 Å². The molecule has 0 spiro atoms. The molecule has 1 atom stereocenters. The Bertz CT molecular complexity index is 238. The van der Waals surface area contributed by atoms with Crippen LogP contribution in [0.3, 0.4) is 0 Å². The Morgan fingerprint density at radius 1 is 1.35 bits per heavy atom. The monoisotopic (exact) mass is 242 g/mol. The van der Waals surface area contributed by atoms with E-state index in [0.717, 1.165) is 32.1 Å². The number of nitrogens with one attached hydrogen (secondary N) is 2. The summed E-state index contributed by atoms with van der Waals surface area (Å²) in [6.45, 7) is 4.49. The molecule has 0 radical (unpaired) electrons. The van der Waals surface area contributed by atoms with Crippen LogP contribution in [0.15, 0.2) is 0 Å². The zero-order valence-corrected chi connectivity index (χ0v) is 11.1. The molecule has 0 bridgehead atoms. The lowest BCUT2D eigenvalue weighted by Crippen LogP contribution is -2.53. The average Bonchev–Trinajstić information content (AvgIpc) is 2.37. The molecule has 1 aliphatic carbocycles. The highest BCUT2D eigenvalue weighted by atomic mass is 16.3. The number of carbonyl (C=O) groups is 1. The summed E-state index contributed by atoms with van der Waals surface area (Å²) in [5, 5.41) is 15.7. The van der Waals surface area contributed by atoms with Crippen molar-refractivity contribution in [2.75, 3.05) is 13.2 Å². The van der Waals surface area contributed by atoms with Gasteiger partial charge in [-0.25, -0.2) is 0 Å². The summed E-state index contributed by atoms with van der Waals surface area (Å²) in [5.41, 5.74) is -0.217. The third kappa shape index (κ3) is 4.64. The topological polar surface area (TPSA) is 61.4 Å². The SMILES string of the molecule is CCC(C)NC(=O)CNC1(CO)CCCCC1. The number of aliphatic hydroxyl groups excluding tert-OH is 1. The van der Waals surface area contributed by atoms with Gasteiger partial charge in [0, 0.05) is 11.6 Å². The van der Waals surface area contributed by atoms with Crippen LogP contribution >= 0.6 is 0 Å². The van der Waals surface area contributed by atoms with Crippen molar-refractivity contribution in [3.05, 3.63) is 0 Å². The smallest absolute Gasteiger partial charge is 0.234 e. The molecule has 0 heterocycles. The summed E-state index contributed by atoms with van der Waals surface area (Å²) in [7, 11) is 0. The normalized spacial score (nSPS) is 20.9. The maximum atomic E-state index is 11.7. The van der Waals surface area contributed by atoms with Gasteiger partial charge in [0.15, 0.2) is 0 Å². The van der Waals surface area contributed by atoms with Gasteiger partial charge in [-0.15, -0.1) is 0 Å². The molecule has 1 fully saturated rings. The van der Waals surface area contributed by atoms with Crippen molar-refractivity contribution in [1.82, 2.24) is 10.6 Å². The minimum atomic E-state index is -0.217. The van der Waals surface area contributed by atoms with E-state index in [0.29, 0.717) is 6.54 Å². The number of carbonyl (C=O) groups excluding carboxylic acids is 1. The number of amides is 1. The van der Waals surface area contributed by atoms with Crippen LogP contribution in [-0.2, 0) is 4.79 Å². The largest absolute Gasteiger partial charge is 0.394 e. The van der Waals surface area contributed by atoms with Crippen LogP contribution < -0.4 is 10.6 Å². The van der Waals surface area contributed by atoms with Crippen LogP contribution in [0, 0.1) is 0 Å². The van der Waals surface area contributed by atoms with E-state index in [2.05, 4.69) is 17.6 Å². The van der Waals surface area contributed by atoms with Crippen LogP contribution in [0.2, 0.25) is 0 Å². The fourth-order valence-corrected chi connectivity index (χ4v) is 2.32. The maximum absolute atomic E-state index is 11.7. The van der Waals surface area contributed by atoms with Crippen molar-refractivity contribution in [3.63, 3.8) is 0 Å². The van der Waals surface area contributed by atoms with Gasteiger partial charge < -0.3 is 15.7 Å². The Hall–Kier alpha value is -0.610. The highest BCUT2D eigenvalue weighted by Crippen LogP contribution is 2.27. The average molecular weight is 242 g/mol. The lowest BCUT2D eigenvalue weighted by Gasteiger charge is -2.36. The predicted molar refractivity (Wildman–Crippen MR) is 68.8 cm³/mol. The summed E-state index contributed by atoms with van der Waals surface area (Å²) in [4.78, 5) is 11.7. The van der Waals surface area contributed by atoms with E-state index in [1.807, 2.05) is 6.92 Å². The first kappa shape index (κ1) is 14.5. The second-order valence-corrected chi connectivity index (χ2v) is 5.23. The van der Waals surface area contributed by atoms with Crippen molar-refractivity contribution in [1.29, 1.82) is 0 Å². The molecule has 0 saturated heterocycles. The Labute approximate surface area is 104 Å². The van der Waals surface area contributed by atoms with Crippen LogP contribution in [0.4, 0.5) is 0 Å². The van der Waals surface area contributed by atoms with E-state index in [1.54, 1.807) is 0 Å². The van der Waals surface area contributed by atoms with E-state index in [4.69, 9.17) is 0 Å². The van der Waals surface area contributed by atoms with Gasteiger partial charge in [-0.2, -0.15) is 0 Å². The molecule has 1 amide bonds. The van der Waals surface area contributed by atoms with Crippen LogP contribution in [0.25, 0.3) is 0 Å². The van der Waals surface area contributed by atoms with Gasteiger partial charge in [0.2, 0.25) is 5.91 Å². The summed E-state index contributed by atoms with van der Waals surface area (Å²) >= 11 is 0. The van der Waals surface area contributed by atoms with E-state index >= 15 is 0 Å². The fraction of sp³-hybridized carbons (Fsp3) is 0.923. The zero-order valence-electron chi connectivity index (χ0n) is 11.1. The van der Waals surface area contributed by atoms with Crippen LogP contribution in [0.5, 0.6) is 0 Å². The number of rotatable bonds is 6. The van der Waals surface area contributed by atoms with Gasteiger partial charge in [0.1, 0.15) is 0 Å². The summed E-state index contributed by atoms with van der Waals surface area (Å²) in [6, 6.07) is 0.223. The second kappa shape index (κ2) is 6.97. The number of aliphatic hydroxyl groups is 1. The standard InChI is InChI=1S/C13H26N2O2/c1-3-11(2)15-12(17)9-14-13(10-16)7-5-4-6-8-13/h11,14,16H,3-10H2,1-2H3,(H,15,17). The van der Waals surface area contributed by atoms with E-state index in [-0.39, 0.29) is 24.1 Å². The van der Waals surface area contributed by atoms with E-state index < -0.39 is 0 Å². The maximum Gasteiger partial charge on any atom is 0.234 e. The number of hydrogen-bond acceptors (Lipinski definition) is 3. The van der Waals surface area contributed by atoms with Crippen molar-refractivity contribution in [2.45, 2.75) is 64.0 Å². The molecule has 1 unspecified atom stereocenters. The molecular weight excluding hydrogens is 216 g/mol. The molecule has 3 N–H and O–H groups in total. The molecule has 1 rings (SSSR count). The highest BCUT2D eigenvalue weighted by Gasteiger charge is 2.31. The first-order chi connectivity index (χ1) is 8.12. The van der Waals surface area contributed by atoms with Gasteiger partial charge in [-0.05, 0) is 26.2 Å². The molecule has 4 heteroatoms. The zero-order chi connectivity index (χ0) is 12.7. The molecule has 0 aromatic carbocycles. The lowest BCUT2D eigenvalue weighted by molar-refractivity contribution is -0.121. The van der Waals surface area contributed by atoms with E-state index in [9.17, 15) is 9.90 Å². The molecule has 4 nitrogen and oxygen atoms in total.